The Kier molecular flexibility index (Phi) is 4.22. The van der Waals surface area contributed by atoms with Crippen LogP contribution in [-0.2, 0) is 11.3 Å². The van der Waals surface area contributed by atoms with E-state index in [1.807, 2.05) is 37.3 Å². The molecule has 0 aliphatic rings. The maximum atomic E-state index is 10.5. The standard InChI is InChI=1S/C13H16N4O2/c1-10(11-6-3-2-4-7-11)13-14-15-16-17(13)9-5-8-12(18)19/h2-4,6-7,10H,5,8-9H2,1H3,(H,18,19). The summed E-state index contributed by atoms with van der Waals surface area (Å²) in [5.41, 5.74) is 1.14. The monoisotopic (exact) mass is 260 g/mol. The summed E-state index contributed by atoms with van der Waals surface area (Å²) in [6, 6.07) is 9.97. The first-order valence-corrected chi connectivity index (χ1v) is 6.21. The van der Waals surface area contributed by atoms with Gasteiger partial charge in [-0.2, -0.15) is 0 Å². The Morgan fingerprint density at radius 3 is 2.79 bits per heavy atom. The number of tetrazole rings is 1. The molecule has 19 heavy (non-hydrogen) atoms. The third kappa shape index (κ3) is 3.37. The number of benzene rings is 1. The molecule has 0 saturated heterocycles. The number of carboxylic acids is 1. The molecule has 0 bridgehead atoms. The van der Waals surface area contributed by atoms with E-state index < -0.39 is 5.97 Å². The number of carbonyl (C=O) groups is 1. The topological polar surface area (TPSA) is 80.9 Å². The predicted molar refractivity (Wildman–Crippen MR) is 68.6 cm³/mol. The molecule has 1 N–H and O–H groups in total. The van der Waals surface area contributed by atoms with Gasteiger partial charge in [0, 0.05) is 18.9 Å². The summed E-state index contributed by atoms with van der Waals surface area (Å²) in [6.45, 7) is 2.56. The first-order chi connectivity index (χ1) is 9.18. The smallest absolute Gasteiger partial charge is 0.303 e. The summed E-state index contributed by atoms with van der Waals surface area (Å²) in [7, 11) is 0. The summed E-state index contributed by atoms with van der Waals surface area (Å²) >= 11 is 0. The SMILES string of the molecule is CC(c1ccccc1)c1nnnn1CCCC(=O)O. The van der Waals surface area contributed by atoms with Gasteiger partial charge in [0.05, 0.1) is 0 Å². The Morgan fingerprint density at radius 2 is 2.11 bits per heavy atom. The van der Waals surface area contributed by atoms with Crippen LogP contribution in [0.1, 0.15) is 37.1 Å². The van der Waals surface area contributed by atoms with Gasteiger partial charge < -0.3 is 5.11 Å². The van der Waals surface area contributed by atoms with Gasteiger partial charge in [0.25, 0.3) is 0 Å². The Labute approximate surface area is 111 Å². The molecule has 2 aromatic rings. The second-order valence-corrected chi connectivity index (χ2v) is 4.39. The van der Waals surface area contributed by atoms with Gasteiger partial charge in [-0.25, -0.2) is 4.68 Å². The summed E-state index contributed by atoms with van der Waals surface area (Å²) in [5, 5.41) is 20.3. The highest BCUT2D eigenvalue weighted by molar-refractivity contribution is 5.66. The number of hydrogen-bond acceptors (Lipinski definition) is 4. The number of nitrogens with zero attached hydrogens (tertiary/aromatic N) is 4. The van der Waals surface area contributed by atoms with Gasteiger partial charge in [-0.1, -0.05) is 37.3 Å². The van der Waals surface area contributed by atoms with Crippen LogP contribution in [0, 0.1) is 0 Å². The Morgan fingerprint density at radius 1 is 1.37 bits per heavy atom. The van der Waals surface area contributed by atoms with Crippen molar-refractivity contribution in [3.8, 4) is 0 Å². The average molecular weight is 260 g/mol. The summed E-state index contributed by atoms with van der Waals surface area (Å²) in [4.78, 5) is 10.5. The number of hydrogen-bond donors (Lipinski definition) is 1. The van der Waals surface area contributed by atoms with Crippen LogP contribution in [0.25, 0.3) is 0 Å². The molecule has 0 saturated carbocycles. The molecule has 0 fully saturated rings. The molecular formula is C13H16N4O2. The van der Waals surface area contributed by atoms with Crippen molar-refractivity contribution in [1.82, 2.24) is 20.2 Å². The van der Waals surface area contributed by atoms with E-state index in [9.17, 15) is 4.79 Å². The Bertz CT molecular complexity index is 539. The minimum Gasteiger partial charge on any atom is -0.481 e. The molecule has 100 valence electrons. The molecule has 6 heteroatoms. The molecule has 1 unspecified atom stereocenters. The molecule has 0 amide bonds. The van der Waals surface area contributed by atoms with Gasteiger partial charge in [-0.15, -0.1) is 5.10 Å². The number of aliphatic carboxylic acids is 1. The van der Waals surface area contributed by atoms with Crippen molar-refractivity contribution in [3.63, 3.8) is 0 Å². The molecule has 2 rings (SSSR count). The van der Waals surface area contributed by atoms with Crippen LogP contribution < -0.4 is 0 Å². The van der Waals surface area contributed by atoms with Crippen LogP contribution in [0.5, 0.6) is 0 Å². The van der Waals surface area contributed by atoms with Crippen LogP contribution in [0.4, 0.5) is 0 Å². The third-order valence-corrected chi connectivity index (χ3v) is 3.01. The van der Waals surface area contributed by atoms with E-state index >= 15 is 0 Å². The largest absolute Gasteiger partial charge is 0.481 e. The predicted octanol–water partition coefficient (Wildman–Crippen LogP) is 1.69. The van der Waals surface area contributed by atoms with Crippen molar-refractivity contribution in [2.24, 2.45) is 0 Å². The second-order valence-electron chi connectivity index (χ2n) is 4.39. The third-order valence-electron chi connectivity index (χ3n) is 3.01. The van der Waals surface area contributed by atoms with Gasteiger partial charge in [0.15, 0.2) is 5.82 Å². The van der Waals surface area contributed by atoms with Gasteiger partial charge in [-0.3, -0.25) is 4.79 Å². The highest BCUT2D eigenvalue weighted by atomic mass is 16.4. The normalized spacial score (nSPS) is 12.3. The maximum absolute atomic E-state index is 10.5. The van der Waals surface area contributed by atoms with Gasteiger partial charge in [-0.05, 0) is 22.4 Å². The minimum absolute atomic E-state index is 0.0843. The average Bonchev–Trinajstić information content (AvgIpc) is 2.87. The number of aromatic nitrogens is 4. The van der Waals surface area contributed by atoms with Crippen molar-refractivity contribution < 1.29 is 9.90 Å². The fourth-order valence-electron chi connectivity index (χ4n) is 1.95. The van der Waals surface area contributed by atoms with Crippen LogP contribution in [0.15, 0.2) is 30.3 Å². The fraction of sp³-hybridized carbons (Fsp3) is 0.385. The summed E-state index contributed by atoms with van der Waals surface area (Å²) in [5.74, 6) is 0.0448. The Balaban J connectivity index is 2.08. The van der Waals surface area contributed by atoms with Crippen LogP contribution >= 0.6 is 0 Å². The zero-order chi connectivity index (χ0) is 13.7. The summed E-state index contributed by atoms with van der Waals surface area (Å²) < 4.78 is 1.68. The first kappa shape index (κ1) is 13.2. The van der Waals surface area contributed by atoms with E-state index in [0.717, 1.165) is 11.4 Å². The molecule has 1 atom stereocenters. The Hall–Kier alpha value is -2.24. The zero-order valence-electron chi connectivity index (χ0n) is 10.7. The fourth-order valence-corrected chi connectivity index (χ4v) is 1.95. The van der Waals surface area contributed by atoms with E-state index in [2.05, 4.69) is 15.5 Å². The quantitative estimate of drug-likeness (QED) is 0.854. The van der Waals surface area contributed by atoms with Crippen LogP contribution in [-0.4, -0.2) is 31.3 Å². The molecule has 0 aliphatic heterocycles. The highest BCUT2D eigenvalue weighted by Crippen LogP contribution is 2.21. The lowest BCUT2D eigenvalue weighted by molar-refractivity contribution is -0.137. The van der Waals surface area contributed by atoms with E-state index in [4.69, 9.17) is 5.11 Å². The van der Waals surface area contributed by atoms with E-state index in [0.29, 0.717) is 13.0 Å². The lowest BCUT2D eigenvalue weighted by atomic mass is 10.0. The molecule has 0 radical (unpaired) electrons. The minimum atomic E-state index is -0.800. The van der Waals surface area contributed by atoms with Crippen molar-refractivity contribution in [1.29, 1.82) is 0 Å². The number of rotatable bonds is 6. The zero-order valence-corrected chi connectivity index (χ0v) is 10.7. The molecule has 1 aromatic carbocycles. The lowest BCUT2D eigenvalue weighted by Gasteiger charge is -2.11. The molecule has 0 aliphatic carbocycles. The van der Waals surface area contributed by atoms with E-state index in [1.54, 1.807) is 4.68 Å². The van der Waals surface area contributed by atoms with Gasteiger partial charge in [0.1, 0.15) is 0 Å². The highest BCUT2D eigenvalue weighted by Gasteiger charge is 2.16. The van der Waals surface area contributed by atoms with Crippen molar-refractivity contribution in [2.45, 2.75) is 32.2 Å². The number of carboxylic acid groups (broad SMARTS) is 1. The molecule has 1 aromatic heterocycles. The molecular weight excluding hydrogens is 244 g/mol. The first-order valence-electron chi connectivity index (χ1n) is 6.21. The van der Waals surface area contributed by atoms with E-state index in [1.165, 1.54) is 0 Å². The molecule has 6 nitrogen and oxygen atoms in total. The molecule has 1 heterocycles. The summed E-state index contributed by atoms with van der Waals surface area (Å²) in [6.07, 6.45) is 0.647. The van der Waals surface area contributed by atoms with Gasteiger partial charge in [0.2, 0.25) is 0 Å². The van der Waals surface area contributed by atoms with Crippen molar-refractivity contribution in [3.05, 3.63) is 41.7 Å². The van der Waals surface area contributed by atoms with E-state index in [-0.39, 0.29) is 12.3 Å². The van der Waals surface area contributed by atoms with Gasteiger partial charge >= 0.3 is 5.97 Å². The second kappa shape index (κ2) is 6.08. The maximum Gasteiger partial charge on any atom is 0.303 e. The molecule has 0 spiro atoms. The van der Waals surface area contributed by atoms with Crippen molar-refractivity contribution >= 4 is 5.97 Å². The lowest BCUT2D eigenvalue weighted by Crippen LogP contribution is -2.11. The van der Waals surface area contributed by atoms with Crippen LogP contribution in [0.2, 0.25) is 0 Å². The van der Waals surface area contributed by atoms with Crippen molar-refractivity contribution in [2.75, 3.05) is 0 Å². The van der Waals surface area contributed by atoms with Crippen LogP contribution in [0.3, 0.4) is 0 Å². The number of aryl methyl sites for hydroxylation is 1.